The summed E-state index contributed by atoms with van der Waals surface area (Å²) >= 11 is 0. The SMILES string of the molecule is [CH2-]C1(O)C(C)OC(OC(C(C)C(=O)OCCC)C(C)C(OC2OC(C)CC(N(C)C)C2O)C(C)(O)CC(C)CN(C)C(C)C(O)C(C)(C)O)CC1(C)OC.[CH2-]CC.[Y]. The van der Waals surface area contributed by atoms with Crippen molar-refractivity contribution in [3.63, 3.8) is 0 Å². The van der Waals surface area contributed by atoms with Gasteiger partial charge in [-0.2, -0.15) is 6.42 Å². The van der Waals surface area contributed by atoms with Gasteiger partial charge in [0.15, 0.2) is 12.6 Å². The molecule has 0 spiro atoms. The molecule has 5 N–H and O–H groups in total. The molecule has 0 bridgehead atoms. The minimum Gasteiger partial charge on any atom is -0.465 e. The molecular weight excluding hydrogens is 825 g/mol. The topological polar surface area (TPSA) is 180 Å². The summed E-state index contributed by atoms with van der Waals surface area (Å²) in [5.41, 5.74) is -5.65. The van der Waals surface area contributed by atoms with E-state index in [9.17, 15) is 30.3 Å². The van der Waals surface area contributed by atoms with E-state index in [1.807, 2.05) is 72.5 Å². The van der Waals surface area contributed by atoms with Gasteiger partial charge in [0, 0.05) is 70.8 Å². The summed E-state index contributed by atoms with van der Waals surface area (Å²) in [5.74, 6) is -2.25. The Kier molecular flexibility index (Phi) is 24.9. The van der Waals surface area contributed by atoms with Crippen LogP contribution in [0.3, 0.4) is 0 Å². The molecule has 16 unspecified atom stereocenters. The summed E-state index contributed by atoms with van der Waals surface area (Å²) in [6.45, 7) is 29.5. The van der Waals surface area contributed by atoms with Gasteiger partial charge < -0.3 is 77.6 Å². The zero-order valence-corrected chi connectivity index (χ0v) is 41.8. The maximum atomic E-state index is 13.6. The van der Waals surface area contributed by atoms with Gasteiger partial charge >= 0.3 is 5.97 Å². The minimum atomic E-state index is -1.60. The van der Waals surface area contributed by atoms with Crippen LogP contribution in [0.5, 0.6) is 0 Å². The third-order valence-corrected chi connectivity index (χ3v) is 12.0. The van der Waals surface area contributed by atoms with E-state index in [0.717, 1.165) is 6.42 Å². The molecule has 2 fully saturated rings. The predicted molar refractivity (Wildman–Crippen MR) is 221 cm³/mol. The molecule has 2 rings (SSSR count). The molecule has 1 radical (unpaired) electrons. The van der Waals surface area contributed by atoms with Crippen molar-refractivity contribution in [2.75, 3.05) is 41.4 Å². The molecule has 2 aliphatic rings. The van der Waals surface area contributed by atoms with Gasteiger partial charge in [-0.1, -0.05) is 27.7 Å². The van der Waals surface area contributed by atoms with Crippen LogP contribution in [0.25, 0.3) is 0 Å². The predicted octanol–water partition coefficient (Wildman–Crippen LogP) is 3.97. The van der Waals surface area contributed by atoms with Gasteiger partial charge in [-0.25, -0.2) is 0 Å². The fraction of sp³-hybridized carbons (Fsp3) is 0.930. The van der Waals surface area contributed by atoms with E-state index in [1.165, 1.54) is 7.11 Å². The number of hydrogen-bond donors (Lipinski definition) is 5. The van der Waals surface area contributed by atoms with Crippen LogP contribution >= 0.6 is 0 Å². The number of rotatable bonds is 20. The molecule has 343 valence electrons. The normalized spacial score (nSPS) is 32.7. The van der Waals surface area contributed by atoms with Crippen LogP contribution < -0.4 is 0 Å². The number of likely N-dealkylation sites (N-methyl/N-ethyl adjacent to an activating group) is 2. The van der Waals surface area contributed by atoms with E-state index in [0.29, 0.717) is 19.4 Å². The molecule has 16 atom stereocenters. The van der Waals surface area contributed by atoms with Crippen molar-refractivity contribution in [3.05, 3.63) is 13.8 Å². The van der Waals surface area contributed by atoms with Gasteiger partial charge in [-0.3, -0.25) is 4.79 Å². The summed E-state index contributed by atoms with van der Waals surface area (Å²) in [6, 6.07) is -0.672. The maximum Gasteiger partial charge on any atom is 0.311 e. The van der Waals surface area contributed by atoms with E-state index in [1.54, 1.807) is 41.5 Å². The van der Waals surface area contributed by atoms with Gasteiger partial charge in [0.2, 0.25) is 0 Å². The molecule has 2 aliphatic heterocycles. The summed E-state index contributed by atoms with van der Waals surface area (Å²) in [6.07, 6.45) is -4.74. The molecular formula is C43H84N2O12Y-2. The van der Waals surface area contributed by atoms with Crippen LogP contribution in [0, 0.1) is 31.6 Å². The van der Waals surface area contributed by atoms with Gasteiger partial charge in [-0.05, 0) is 107 Å². The Hall–Kier alpha value is 0.0939. The van der Waals surface area contributed by atoms with Crippen molar-refractivity contribution in [1.29, 1.82) is 0 Å². The van der Waals surface area contributed by atoms with Crippen molar-refractivity contribution in [3.8, 4) is 0 Å². The number of hydrogen-bond acceptors (Lipinski definition) is 14. The number of aliphatic hydroxyl groups is 5. The molecule has 0 aromatic heterocycles. The first-order valence-corrected chi connectivity index (χ1v) is 20.9. The Bertz CT molecular complexity index is 1170. The molecule has 2 saturated heterocycles. The second kappa shape index (κ2) is 24.8. The van der Waals surface area contributed by atoms with E-state index >= 15 is 0 Å². The quantitative estimate of drug-likeness (QED) is 0.0876. The van der Waals surface area contributed by atoms with Crippen molar-refractivity contribution in [2.45, 2.75) is 199 Å². The van der Waals surface area contributed by atoms with Crippen molar-refractivity contribution < 1.29 is 91.5 Å². The monoisotopic (exact) mass is 910 g/mol. The standard InChI is InChI=1S/C40H77N2O12.C3H7.Y/c1-17-18-50-35(45)26(5)32(53-30-21-39(11,49-16)40(12,48)28(7)52-30)25(4)34(54-36-31(43)29(41(13)14)19-24(3)51-36)38(10,47)20-23(2)22-42(15)27(6)33(44)37(8,9)46;1-3-2;/h23-34,36,43-44,46-48H,12,17-22H2,1-11,13-16H3;1,3H2,2H3;/q2*-1;. The van der Waals surface area contributed by atoms with Crippen LogP contribution in [-0.2, 0) is 65.9 Å². The number of carbonyl (C=O) groups excluding carboxylic acids is 1. The number of ether oxygens (including phenoxy) is 6. The van der Waals surface area contributed by atoms with E-state index in [2.05, 4.69) is 13.8 Å². The van der Waals surface area contributed by atoms with Crippen molar-refractivity contribution in [1.82, 2.24) is 9.80 Å². The summed E-state index contributed by atoms with van der Waals surface area (Å²) < 4.78 is 37.2. The maximum absolute atomic E-state index is 13.6. The Balaban J connectivity index is 0.00000786. The smallest absolute Gasteiger partial charge is 0.311 e. The van der Waals surface area contributed by atoms with Gasteiger partial charge in [0.05, 0.1) is 59.8 Å². The number of carbonyl (C=O) groups is 1. The van der Waals surface area contributed by atoms with Crippen LogP contribution in [0.2, 0.25) is 0 Å². The molecule has 0 aromatic carbocycles. The van der Waals surface area contributed by atoms with E-state index < -0.39 is 89.4 Å². The first-order valence-electron chi connectivity index (χ1n) is 20.9. The van der Waals surface area contributed by atoms with E-state index in [-0.39, 0.29) is 70.2 Å². The largest absolute Gasteiger partial charge is 0.465 e. The second-order valence-corrected chi connectivity index (χ2v) is 18.3. The van der Waals surface area contributed by atoms with Gasteiger partial charge in [-0.15, -0.1) is 0 Å². The summed E-state index contributed by atoms with van der Waals surface area (Å²) in [4.78, 5) is 17.4. The van der Waals surface area contributed by atoms with Crippen LogP contribution in [0.1, 0.15) is 115 Å². The molecule has 0 aromatic rings. The first kappa shape index (κ1) is 58.1. The molecule has 2 heterocycles. The van der Waals surface area contributed by atoms with Crippen LogP contribution in [0.4, 0.5) is 0 Å². The van der Waals surface area contributed by atoms with Gasteiger partial charge in [0.1, 0.15) is 6.10 Å². The minimum absolute atomic E-state index is 0. The van der Waals surface area contributed by atoms with Crippen molar-refractivity contribution in [2.24, 2.45) is 17.8 Å². The molecule has 0 aliphatic carbocycles. The average molecular weight is 910 g/mol. The van der Waals surface area contributed by atoms with Crippen molar-refractivity contribution >= 4 is 5.97 Å². The summed E-state index contributed by atoms with van der Waals surface area (Å²) in [7, 11) is 7.11. The van der Waals surface area contributed by atoms with E-state index in [4.69, 9.17) is 28.4 Å². The molecule has 0 saturated carbocycles. The third kappa shape index (κ3) is 15.7. The third-order valence-electron chi connectivity index (χ3n) is 12.0. The fourth-order valence-corrected chi connectivity index (χ4v) is 8.18. The zero-order chi connectivity index (χ0) is 44.4. The Morgan fingerprint density at radius 3 is 2.07 bits per heavy atom. The summed E-state index contributed by atoms with van der Waals surface area (Å²) in [5, 5.41) is 56.6. The number of nitrogens with zero attached hydrogens (tertiary/aromatic N) is 2. The molecule has 15 heteroatoms. The second-order valence-electron chi connectivity index (χ2n) is 18.3. The average Bonchev–Trinajstić information content (AvgIpc) is 3.10. The Morgan fingerprint density at radius 1 is 1.03 bits per heavy atom. The number of esters is 1. The Labute approximate surface area is 377 Å². The molecule has 0 amide bonds. The Morgan fingerprint density at radius 2 is 1.59 bits per heavy atom. The fourth-order valence-electron chi connectivity index (χ4n) is 8.18. The number of methoxy groups -OCH3 is 1. The van der Waals surface area contributed by atoms with Gasteiger partial charge in [0.25, 0.3) is 0 Å². The first-order chi connectivity index (χ1) is 26.1. The van der Waals surface area contributed by atoms with Crippen LogP contribution in [0.15, 0.2) is 0 Å². The number of aliphatic hydroxyl groups excluding tert-OH is 2. The van der Waals surface area contributed by atoms with Crippen LogP contribution in [-0.4, -0.2) is 166 Å². The zero-order valence-electron chi connectivity index (χ0n) is 38.9. The molecule has 58 heavy (non-hydrogen) atoms. The molecule has 14 nitrogen and oxygen atoms in total.